The van der Waals surface area contributed by atoms with Crippen LogP contribution in [0.15, 0.2) is 33.1 Å². The van der Waals surface area contributed by atoms with E-state index in [-0.39, 0.29) is 24.0 Å². The quantitative estimate of drug-likeness (QED) is 0.428. The molecule has 0 bridgehead atoms. The maximum Gasteiger partial charge on any atom is 0.191 e. The second-order valence-corrected chi connectivity index (χ2v) is 5.30. The summed E-state index contributed by atoms with van der Waals surface area (Å²) in [7, 11) is 0. The van der Waals surface area contributed by atoms with E-state index in [1.54, 1.807) is 11.3 Å². The molecule has 0 unspecified atom stereocenters. The molecule has 2 aromatic heterocycles. The highest BCUT2D eigenvalue weighted by Crippen LogP contribution is 2.08. The third-order valence-electron chi connectivity index (χ3n) is 2.72. The van der Waals surface area contributed by atoms with Crippen LogP contribution in [0.25, 0.3) is 0 Å². The molecule has 0 aliphatic carbocycles. The predicted octanol–water partition coefficient (Wildman–Crippen LogP) is 3.17. The van der Waals surface area contributed by atoms with Crippen LogP contribution in [0.5, 0.6) is 0 Å². The SMILES string of the molecule is CCNC(=NCc1cc(CC)no1)NCc1cccs1.I. The fraction of sp³-hybridized carbons (Fsp3) is 0.429. The van der Waals surface area contributed by atoms with Gasteiger partial charge in [-0.2, -0.15) is 0 Å². The molecular weight excluding hydrogens is 399 g/mol. The van der Waals surface area contributed by atoms with Gasteiger partial charge in [0.2, 0.25) is 0 Å². The lowest BCUT2D eigenvalue weighted by molar-refractivity contribution is 0.379. The minimum absolute atomic E-state index is 0. The highest BCUT2D eigenvalue weighted by molar-refractivity contribution is 14.0. The van der Waals surface area contributed by atoms with Crippen LogP contribution < -0.4 is 10.6 Å². The first-order chi connectivity index (χ1) is 9.81. The van der Waals surface area contributed by atoms with E-state index in [9.17, 15) is 0 Å². The minimum atomic E-state index is 0. The largest absolute Gasteiger partial charge is 0.359 e. The summed E-state index contributed by atoms with van der Waals surface area (Å²) in [5, 5.41) is 12.6. The first kappa shape index (κ1) is 18.0. The highest BCUT2D eigenvalue weighted by atomic mass is 127. The molecule has 0 saturated carbocycles. The Morgan fingerprint density at radius 1 is 1.38 bits per heavy atom. The van der Waals surface area contributed by atoms with Crippen LogP contribution in [0.1, 0.15) is 30.2 Å². The number of aliphatic imine (C=N–C) groups is 1. The van der Waals surface area contributed by atoms with Gasteiger partial charge in [-0.15, -0.1) is 35.3 Å². The van der Waals surface area contributed by atoms with Crippen molar-refractivity contribution in [3.63, 3.8) is 0 Å². The average molecular weight is 420 g/mol. The number of halogens is 1. The van der Waals surface area contributed by atoms with E-state index in [1.165, 1.54) is 4.88 Å². The summed E-state index contributed by atoms with van der Waals surface area (Å²) in [5.74, 6) is 1.57. The van der Waals surface area contributed by atoms with Gasteiger partial charge in [0.05, 0.1) is 12.2 Å². The van der Waals surface area contributed by atoms with Gasteiger partial charge in [0.1, 0.15) is 6.54 Å². The van der Waals surface area contributed by atoms with Crippen molar-refractivity contribution in [2.24, 2.45) is 4.99 Å². The summed E-state index contributed by atoms with van der Waals surface area (Å²) < 4.78 is 5.22. The van der Waals surface area contributed by atoms with Gasteiger partial charge in [0, 0.05) is 17.5 Å². The van der Waals surface area contributed by atoms with Crippen LogP contribution in [0.4, 0.5) is 0 Å². The van der Waals surface area contributed by atoms with Crippen molar-refractivity contribution in [1.29, 1.82) is 0 Å². The zero-order valence-corrected chi connectivity index (χ0v) is 15.4. The molecule has 0 atom stereocenters. The van der Waals surface area contributed by atoms with E-state index in [1.807, 2.05) is 19.1 Å². The lowest BCUT2D eigenvalue weighted by Crippen LogP contribution is -2.36. The van der Waals surface area contributed by atoms with Crippen LogP contribution in [-0.2, 0) is 19.5 Å². The zero-order chi connectivity index (χ0) is 14.2. The number of thiophene rings is 1. The molecule has 2 heterocycles. The molecule has 116 valence electrons. The maximum atomic E-state index is 5.22. The van der Waals surface area contributed by atoms with Gasteiger partial charge in [0.15, 0.2) is 11.7 Å². The van der Waals surface area contributed by atoms with E-state index < -0.39 is 0 Å². The van der Waals surface area contributed by atoms with Crippen molar-refractivity contribution in [3.05, 3.63) is 39.9 Å². The summed E-state index contributed by atoms with van der Waals surface area (Å²) in [6.07, 6.45) is 0.879. The first-order valence-electron chi connectivity index (χ1n) is 6.80. The van der Waals surface area contributed by atoms with Crippen molar-refractivity contribution in [2.75, 3.05) is 6.54 Å². The molecule has 0 spiro atoms. The zero-order valence-electron chi connectivity index (χ0n) is 12.3. The summed E-state index contributed by atoms with van der Waals surface area (Å²) in [5.41, 5.74) is 0.965. The van der Waals surface area contributed by atoms with Crippen LogP contribution in [0, 0.1) is 0 Å². The van der Waals surface area contributed by atoms with Crippen molar-refractivity contribution in [3.8, 4) is 0 Å². The topological polar surface area (TPSA) is 62.5 Å². The third kappa shape index (κ3) is 6.04. The molecule has 0 amide bonds. The molecule has 0 aliphatic rings. The maximum absolute atomic E-state index is 5.22. The Morgan fingerprint density at radius 2 is 2.24 bits per heavy atom. The number of nitrogens with one attached hydrogen (secondary N) is 2. The summed E-state index contributed by atoms with van der Waals surface area (Å²) in [4.78, 5) is 5.78. The molecule has 21 heavy (non-hydrogen) atoms. The van der Waals surface area contributed by atoms with Gasteiger partial charge in [-0.05, 0) is 24.8 Å². The van der Waals surface area contributed by atoms with E-state index in [4.69, 9.17) is 4.52 Å². The normalized spacial score (nSPS) is 11.0. The second-order valence-electron chi connectivity index (χ2n) is 4.27. The van der Waals surface area contributed by atoms with Crippen LogP contribution in [-0.4, -0.2) is 17.7 Å². The fourth-order valence-corrected chi connectivity index (χ4v) is 2.32. The van der Waals surface area contributed by atoms with E-state index in [0.717, 1.165) is 36.9 Å². The molecule has 7 heteroatoms. The molecule has 2 rings (SSSR count). The number of rotatable bonds is 6. The van der Waals surface area contributed by atoms with Crippen molar-refractivity contribution < 1.29 is 4.52 Å². The number of nitrogens with zero attached hydrogens (tertiary/aromatic N) is 2. The molecule has 0 saturated heterocycles. The lowest BCUT2D eigenvalue weighted by Gasteiger charge is -2.09. The standard InChI is InChI=1S/C14H20N4OS.HI/c1-3-11-8-12(19-18-11)9-16-14(15-4-2)17-10-13-6-5-7-20-13;/h5-8H,3-4,9-10H2,1-2H3,(H2,15,16,17);1H. The number of hydrogen-bond acceptors (Lipinski definition) is 4. The molecule has 2 aromatic rings. The predicted molar refractivity (Wildman–Crippen MR) is 97.3 cm³/mol. The molecule has 0 aliphatic heterocycles. The van der Waals surface area contributed by atoms with E-state index in [0.29, 0.717) is 6.54 Å². The monoisotopic (exact) mass is 420 g/mol. The van der Waals surface area contributed by atoms with Crippen LogP contribution >= 0.6 is 35.3 Å². The Kier molecular flexibility index (Phi) is 8.36. The average Bonchev–Trinajstić information content (AvgIpc) is 3.13. The number of hydrogen-bond donors (Lipinski definition) is 2. The van der Waals surface area contributed by atoms with E-state index in [2.05, 4.69) is 39.2 Å². The van der Waals surface area contributed by atoms with Gasteiger partial charge in [-0.1, -0.05) is 18.1 Å². The number of aromatic nitrogens is 1. The summed E-state index contributed by atoms with van der Waals surface area (Å²) >= 11 is 1.73. The molecule has 2 N–H and O–H groups in total. The first-order valence-corrected chi connectivity index (χ1v) is 7.68. The van der Waals surface area contributed by atoms with Crippen molar-refractivity contribution in [2.45, 2.75) is 33.4 Å². The molecule has 0 fully saturated rings. The Balaban J connectivity index is 0.00000220. The van der Waals surface area contributed by atoms with Gasteiger partial charge < -0.3 is 15.2 Å². The van der Waals surface area contributed by atoms with Crippen molar-refractivity contribution >= 4 is 41.3 Å². The third-order valence-corrected chi connectivity index (χ3v) is 3.59. The second kappa shape index (κ2) is 9.78. The molecule has 0 radical (unpaired) electrons. The Bertz CT molecular complexity index is 539. The highest BCUT2D eigenvalue weighted by Gasteiger charge is 2.03. The van der Waals surface area contributed by atoms with Gasteiger partial charge in [0.25, 0.3) is 0 Å². The van der Waals surface area contributed by atoms with Gasteiger partial charge >= 0.3 is 0 Å². The van der Waals surface area contributed by atoms with Crippen LogP contribution in [0.2, 0.25) is 0 Å². The molecular formula is C14H21IN4OS. The Labute approximate surface area is 146 Å². The lowest BCUT2D eigenvalue weighted by atomic mass is 10.3. The smallest absolute Gasteiger partial charge is 0.191 e. The number of aryl methyl sites for hydroxylation is 1. The molecule has 0 aromatic carbocycles. The van der Waals surface area contributed by atoms with Crippen molar-refractivity contribution in [1.82, 2.24) is 15.8 Å². The Hall–Kier alpha value is -1.09. The minimum Gasteiger partial charge on any atom is -0.359 e. The van der Waals surface area contributed by atoms with Gasteiger partial charge in [-0.25, -0.2) is 4.99 Å². The summed E-state index contributed by atoms with van der Waals surface area (Å²) in [6.45, 7) is 6.20. The number of guanidine groups is 1. The van der Waals surface area contributed by atoms with Gasteiger partial charge in [-0.3, -0.25) is 0 Å². The fourth-order valence-electron chi connectivity index (χ4n) is 1.68. The molecule has 5 nitrogen and oxygen atoms in total. The summed E-state index contributed by atoms with van der Waals surface area (Å²) in [6, 6.07) is 6.10. The van der Waals surface area contributed by atoms with Crippen LogP contribution in [0.3, 0.4) is 0 Å². The van der Waals surface area contributed by atoms with E-state index >= 15 is 0 Å². The Morgan fingerprint density at radius 3 is 2.86 bits per heavy atom.